The van der Waals surface area contributed by atoms with Crippen molar-refractivity contribution >= 4 is 28.8 Å². The zero-order chi connectivity index (χ0) is 23.9. The number of ether oxygens (including phenoxy) is 1. The maximum absolute atomic E-state index is 9.18. The molecule has 8 nitrogen and oxygen atoms in total. The molecule has 0 saturated carbocycles. The molecule has 0 aliphatic carbocycles. The number of piperazine rings is 1. The number of hydrogen-bond donors (Lipinski definition) is 3. The molecule has 2 aromatic heterocycles. The molecule has 2 aromatic rings. The van der Waals surface area contributed by atoms with E-state index in [0.717, 1.165) is 50.7 Å². The first-order valence-corrected chi connectivity index (χ1v) is 12.5. The molecule has 0 radical (unpaired) electrons. The van der Waals surface area contributed by atoms with Gasteiger partial charge >= 0.3 is 0 Å². The van der Waals surface area contributed by atoms with Crippen molar-refractivity contribution in [2.45, 2.75) is 64.6 Å². The Hall–Kier alpha value is -2.23. The van der Waals surface area contributed by atoms with E-state index in [9.17, 15) is 4.79 Å². The number of piperidine rings is 1. The second-order valence-electron chi connectivity index (χ2n) is 9.83. The van der Waals surface area contributed by atoms with Gasteiger partial charge in [0.2, 0.25) is 5.95 Å². The summed E-state index contributed by atoms with van der Waals surface area (Å²) < 4.78 is 4.15. The molecule has 2 aliphatic heterocycles. The van der Waals surface area contributed by atoms with Crippen molar-refractivity contribution in [2.24, 2.45) is 0 Å². The molecule has 3 N–H and O–H groups in total. The Labute approximate surface area is 201 Å². The lowest BCUT2D eigenvalue weighted by molar-refractivity contribution is -0.128. The third-order valence-electron chi connectivity index (χ3n) is 5.69. The summed E-state index contributed by atoms with van der Waals surface area (Å²) in [6.07, 6.45) is 3.97. The van der Waals surface area contributed by atoms with Crippen LogP contribution in [-0.4, -0.2) is 66.3 Å². The monoisotopic (exact) mass is 474 g/mol. The summed E-state index contributed by atoms with van der Waals surface area (Å²) in [5.74, 6) is 0.730. The molecule has 2 aliphatic rings. The van der Waals surface area contributed by atoms with Gasteiger partial charge in [0.05, 0.1) is 22.2 Å². The van der Waals surface area contributed by atoms with E-state index in [0.29, 0.717) is 19.1 Å². The molecule has 0 atom stereocenters. The van der Waals surface area contributed by atoms with Gasteiger partial charge in [-0.3, -0.25) is 4.79 Å². The van der Waals surface area contributed by atoms with Gasteiger partial charge in [-0.2, -0.15) is 0 Å². The quantitative estimate of drug-likeness (QED) is 0.548. The van der Waals surface area contributed by atoms with Crippen molar-refractivity contribution in [1.82, 2.24) is 20.6 Å². The number of thiophene rings is 1. The second-order valence-corrected chi connectivity index (χ2v) is 10.9. The molecule has 4 heterocycles. The first-order valence-electron chi connectivity index (χ1n) is 11.7. The van der Waals surface area contributed by atoms with E-state index in [1.807, 2.05) is 23.6 Å². The molecular formula is C24H38N6O2S. The van der Waals surface area contributed by atoms with Gasteiger partial charge in [0.25, 0.3) is 6.47 Å². The molecule has 4 rings (SSSR count). The van der Waals surface area contributed by atoms with Crippen molar-refractivity contribution < 1.29 is 9.53 Å². The summed E-state index contributed by atoms with van der Waals surface area (Å²) in [6.45, 7) is 16.0. The molecule has 0 unspecified atom stereocenters. The minimum absolute atomic E-state index is 0.100. The minimum atomic E-state index is 0.100. The number of carbonyl (C=O) groups is 1. The van der Waals surface area contributed by atoms with Gasteiger partial charge in [0, 0.05) is 49.5 Å². The molecule has 0 spiro atoms. The smallest absolute Gasteiger partial charge is 0.293 e. The second kappa shape index (κ2) is 11.3. The minimum Gasteiger partial charge on any atom is -0.468 e. The fourth-order valence-corrected chi connectivity index (χ4v) is 5.79. The predicted octanol–water partition coefficient (Wildman–Crippen LogP) is 3.52. The highest BCUT2D eigenvalue weighted by Crippen LogP contribution is 2.34. The average Bonchev–Trinajstić information content (AvgIpc) is 3.24. The number of nitrogens with zero attached hydrogens (tertiary/aromatic N) is 3. The number of anilines is 2. The number of nitrogens with one attached hydrogen (secondary N) is 3. The van der Waals surface area contributed by atoms with E-state index in [-0.39, 0.29) is 11.1 Å². The highest BCUT2D eigenvalue weighted by Gasteiger charge is 2.37. The summed E-state index contributed by atoms with van der Waals surface area (Å²) >= 11 is 1.82. The standard InChI is InChI=1S/C21H32N6S.C3H6O2/c1-20(2)13-15(14-21(3,4)26-20)24-19-23-8-7-16(25-19)17-5-6-18(28-17)27-11-9-22-10-12-27;1-2-5-3-4/h5-8,15,22,26H,9-14H2,1-4H3,(H,23,24,25);3H,2H2,1H3. The summed E-state index contributed by atoms with van der Waals surface area (Å²) in [5, 5.41) is 12.1. The Morgan fingerprint density at radius 2 is 1.88 bits per heavy atom. The summed E-state index contributed by atoms with van der Waals surface area (Å²) in [7, 11) is 0. The molecule has 2 fully saturated rings. The average molecular weight is 475 g/mol. The molecule has 9 heteroatoms. The zero-order valence-corrected chi connectivity index (χ0v) is 21.3. The van der Waals surface area contributed by atoms with E-state index in [1.54, 1.807) is 6.92 Å². The first kappa shape index (κ1) is 25.4. The van der Waals surface area contributed by atoms with Crippen LogP contribution < -0.4 is 20.9 Å². The molecular weight excluding hydrogens is 436 g/mol. The van der Waals surface area contributed by atoms with Crippen molar-refractivity contribution in [3.8, 4) is 10.6 Å². The fraction of sp³-hybridized carbons (Fsp3) is 0.625. The maximum atomic E-state index is 9.18. The van der Waals surface area contributed by atoms with Crippen LogP contribution in [-0.2, 0) is 9.53 Å². The molecule has 33 heavy (non-hydrogen) atoms. The van der Waals surface area contributed by atoms with Gasteiger partial charge in [-0.15, -0.1) is 11.3 Å². The van der Waals surface area contributed by atoms with E-state index in [4.69, 9.17) is 4.98 Å². The number of hydrogen-bond acceptors (Lipinski definition) is 9. The number of rotatable bonds is 6. The summed E-state index contributed by atoms with van der Waals surface area (Å²) in [4.78, 5) is 22.2. The molecule has 0 aromatic carbocycles. The van der Waals surface area contributed by atoms with Gasteiger partial charge in [0.15, 0.2) is 0 Å². The van der Waals surface area contributed by atoms with Crippen LogP contribution >= 0.6 is 11.3 Å². The van der Waals surface area contributed by atoms with Gasteiger partial charge in [-0.05, 0) is 65.7 Å². The Morgan fingerprint density at radius 1 is 1.18 bits per heavy atom. The van der Waals surface area contributed by atoms with Crippen molar-refractivity contribution in [3.05, 3.63) is 24.4 Å². The van der Waals surface area contributed by atoms with Crippen molar-refractivity contribution in [3.63, 3.8) is 0 Å². The van der Waals surface area contributed by atoms with Crippen LogP contribution in [0.5, 0.6) is 0 Å². The topological polar surface area (TPSA) is 91.4 Å². The normalized spacial score (nSPS) is 19.8. The first-order chi connectivity index (χ1) is 15.7. The highest BCUT2D eigenvalue weighted by molar-refractivity contribution is 7.19. The third-order valence-corrected chi connectivity index (χ3v) is 6.86. The SMILES string of the molecule is CC1(C)CC(Nc2nccc(-c3ccc(N4CCNCC4)s3)n2)CC(C)(C)N1.CCOC=O. The lowest BCUT2D eigenvalue weighted by atomic mass is 9.80. The fourth-order valence-electron chi connectivity index (χ4n) is 4.76. The van der Waals surface area contributed by atoms with E-state index in [1.165, 1.54) is 9.88 Å². The Morgan fingerprint density at radius 3 is 2.48 bits per heavy atom. The van der Waals surface area contributed by atoms with E-state index < -0.39 is 0 Å². The molecule has 0 bridgehead atoms. The largest absolute Gasteiger partial charge is 0.468 e. The lowest BCUT2D eigenvalue weighted by Crippen LogP contribution is -2.60. The maximum Gasteiger partial charge on any atom is 0.293 e. The van der Waals surface area contributed by atoms with Crippen molar-refractivity contribution in [2.75, 3.05) is 43.0 Å². The van der Waals surface area contributed by atoms with Crippen LogP contribution in [0.1, 0.15) is 47.5 Å². The Balaban J connectivity index is 0.000000555. The number of carbonyl (C=O) groups excluding carboxylic acids is 1. The van der Waals surface area contributed by atoms with Gasteiger partial charge < -0.3 is 25.6 Å². The predicted molar refractivity (Wildman–Crippen MR) is 136 cm³/mol. The summed E-state index contributed by atoms with van der Waals surface area (Å²) in [5.41, 5.74) is 1.20. The van der Waals surface area contributed by atoms with Crippen LogP contribution in [0.3, 0.4) is 0 Å². The Kier molecular flexibility index (Phi) is 8.67. The number of aromatic nitrogens is 2. The van der Waals surface area contributed by atoms with Crippen LogP contribution in [0.4, 0.5) is 10.9 Å². The molecule has 182 valence electrons. The van der Waals surface area contributed by atoms with Gasteiger partial charge in [-0.1, -0.05) is 0 Å². The van der Waals surface area contributed by atoms with Crippen molar-refractivity contribution in [1.29, 1.82) is 0 Å². The van der Waals surface area contributed by atoms with Crippen LogP contribution in [0.25, 0.3) is 10.6 Å². The molecule has 2 saturated heterocycles. The van der Waals surface area contributed by atoms with Gasteiger partial charge in [0.1, 0.15) is 0 Å². The lowest BCUT2D eigenvalue weighted by Gasteiger charge is -2.46. The van der Waals surface area contributed by atoms with Crippen LogP contribution in [0.15, 0.2) is 24.4 Å². The van der Waals surface area contributed by atoms with Gasteiger partial charge in [-0.25, -0.2) is 9.97 Å². The van der Waals surface area contributed by atoms with E-state index in [2.05, 4.69) is 70.4 Å². The Bertz CT molecular complexity index is 879. The van der Waals surface area contributed by atoms with Crippen LogP contribution in [0.2, 0.25) is 0 Å². The van der Waals surface area contributed by atoms with E-state index >= 15 is 0 Å². The zero-order valence-electron chi connectivity index (χ0n) is 20.5. The van der Waals surface area contributed by atoms with Crippen LogP contribution in [0, 0.1) is 0 Å². The third kappa shape index (κ3) is 7.65. The highest BCUT2D eigenvalue weighted by atomic mass is 32.1. The molecule has 0 amide bonds. The summed E-state index contributed by atoms with van der Waals surface area (Å²) in [6, 6.07) is 6.78.